The Bertz CT molecular complexity index is 487. The van der Waals surface area contributed by atoms with E-state index in [1.165, 1.54) is 11.8 Å². The van der Waals surface area contributed by atoms with Crippen molar-refractivity contribution in [2.75, 3.05) is 12.3 Å². The number of hydrogen-bond donors (Lipinski definition) is 2. The van der Waals surface area contributed by atoms with Crippen LogP contribution in [0.5, 0.6) is 0 Å². The molecule has 0 radical (unpaired) electrons. The van der Waals surface area contributed by atoms with Gasteiger partial charge in [0.25, 0.3) is 5.91 Å². The number of thioether (sulfide) groups is 1. The first-order chi connectivity index (χ1) is 9.54. The van der Waals surface area contributed by atoms with Gasteiger partial charge < -0.3 is 10.6 Å². The van der Waals surface area contributed by atoms with Gasteiger partial charge in [0.15, 0.2) is 0 Å². The maximum Gasteiger partial charge on any atom is 0.252 e. The van der Waals surface area contributed by atoms with Gasteiger partial charge in [-0.3, -0.25) is 9.59 Å². The molecule has 0 saturated carbocycles. The van der Waals surface area contributed by atoms with Crippen LogP contribution in [0.15, 0.2) is 41.8 Å². The van der Waals surface area contributed by atoms with Crippen molar-refractivity contribution in [3.63, 3.8) is 0 Å². The second-order valence-electron chi connectivity index (χ2n) is 4.51. The molecular weight excluding hydrogens is 272 g/mol. The van der Waals surface area contributed by atoms with Crippen LogP contribution in [0, 0.1) is 0 Å². The molecule has 0 aliphatic carbocycles. The lowest BCUT2D eigenvalue weighted by Crippen LogP contribution is -2.31. The monoisotopic (exact) mass is 292 g/mol. The molecule has 2 N–H and O–H groups in total. The molecule has 0 fully saturated rings. The van der Waals surface area contributed by atoms with Gasteiger partial charge in [0.2, 0.25) is 5.91 Å². The maximum absolute atomic E-state index is 12.0. The van der Waals surface area contributed by atoms with E-state index in [0.717, 1.165) is 4.90 Å². The van der Waals surface area contributed by atoms with Gasteiger partial charge in [0.05, 0.1) is 11.3 Å². The van der Waals surface area contributed by atoms with Gasteiger partial charge in [-0.15, -0.1) is 18.3 Å². The minimum Gasteiger partial charge on any atom is -0.353 e. The Hall–Kier alpha value is -1.75. The van der Waals surface area contributed by atoms with Gasteiger partial charge in [0.1, 0.15) is 0 Å². The van der Waals surface area contributed by atoms with Crippen molar-refractivity contribution >= 4 is 23.6 Å². The molecule has 1 aromatic carbocycles. The van der Waals surface area contributed by atoms with Crippen molar-refractivity contribution in [3.05, 3.63) is 42.5 Å². The lowest BCUT2D eigenvalue weighted by atomic mass is 10.2. The maximum atomic E-state index is 12.0. The highest BCUT2D eigenvalue weighted by Crippen LogP contribution is 2.22. The molecule has 2 amide bonds. The lowest BCUT2D eigenvalue weighted by Gasteiger charge is -2.10. The molecule has 0 aliphatic rings. The zero-order chi connectivity index (χ0) is 15.0. The fourth-order valence-electron chi connectivity index (χ4n) is 1.55. The van der Waals surface area contributed by atoms with E-state index in [4.69, 9.17) is 0 Å². The van der Waals surface area contributed by atoms with Crippen molar-refractivity contribution in [2.45, 2.75) is 24.8 Å². The summed E-state index contributed by atoms with van der Waals surface area (Å²) in [6, 6.07) is 7.37. The van der Waals surface area contributed by atoms with E-state index in [0.29, 0.717) is 17.9 Å². The summed E-state index contributed by atoms with van der Waals surface area (Å²) >= 11 is 1.36. The molecule has 0 aromatic heterocycles. The Morgan fingerprint density at radius 2 is 2.05 bits per heavy atom. The Morgan fingerprint density at radius 3 is 2.70 bits per heavy atom. The van der Waals surface area contributed by atoms with Crippen LogP contribution in [0.25, 0.3) is 0 Å². The predicted octanol–water partition coefficient (Wildman–Crippen LogP) is 2.22. The normalized spacial score (nSPS) is 10.2. The molecule has 20 heavy (non-hydrogen) atoms. The Labute approximate surface area is 124 Å². The van der Waals surface area contributed by atoms with Crippen LogP contribution in [-0.2, 0) is 4.79 Å². The van der Waals surface area contributed by atoms with E-state index in [2.05, 4.69) is 17.2 Å². The van der Waals surface area contributed by atoms with Gasteiger partial charge in [0, 0.05) is 17.5 Å². The smallest absolute Gasteiger partial charge is 0.252 e. The Balaban J connectivity index is 2.68. The summed E-state index contributed by atoms with van der Waals surface area (Å²) in [4.78, 5) is 24.4. The van der Waals surface area contributed by atoms with E-state index in [1.807, 2.05) is 26.0 Å². The number of nitrogens with one attached hydrogen (secondary N) is 2. The number of amides is 2. The molecular formula is C15H20N2O2S. The zero-order valence-electron chi connectivity index (χ0n) is 11.8. The summed E-state index contributed by atoms with van der Waals surface area (Å²) in [6.45, 7) is 7.82. The quantitative estimate of drug-likeness (QED) is 0.598. The number of carbonyl (C=O) groups is 2. The molecule has 0 saturated heterocycles. The van der Waals surface area contributed by atoms with E-state index in [9.17, 15) is 9.59 Å². The van der Waals surface area contributed by atoms with Crippen molar-refractivity contribution in [1.82, 2.24) is 10.6 Å². The summed E-state index contributed by atoms with van der Waals surface area (Å²) in [5.41, 5.74) is 0.580. The molecule has 0 unspecified atom stereocenters. The van der Waals surface area contributed by atoms with Crippen LogP contribution in [0.3, 0.4) is 0 Å². The van der Waals surface area contributed by atoms with Crippen molar-refractivity contribution in [2.24, 2.45) is 0 Å². The van der Waals surface area contributed by atoms with Crippen molar-refractivity contribution < 1.29 is 9.59 Å². The van der Waals surface area contributed by atoms with Crippen LogP contribution in [0.2, 0.25) is 0 Å². The minimum atomic E-state index is -0.155. The SMILES string of the molecule is C=CCNC(=O)c1ccccc1SCC(=O)NC(C)C. The number of benzene rings is 1. The van der Waals surface area contributed by atoms with Crippen molar-refractivity contribution in [3.8, 4) is 0 Å². The predicted molar refractivity (Wildman–Crippen MR) is 83.0 cm³/mol. The minimum absolute atomic E-state index is 0.0358. The summed E-state index contributed by atoms with van der Waals surface area (Å²) in [5.74, 6) is 0.104. The summed E-state index contributed by atoms with van der Waals surface area (Å²) in [7, 11) is 0. The standard InChI is InChI=1S/C15H20N2O2S/c1-4-9-16-15(19)12-7-5-6-8-13(12)20-10-14(18)17-11(2)3/h4-8,11H,1,9-10H2,2-3H3,(H,16,19)(H,17,18). The average Bonchev–Trinajstić information content (AvgIpc) is 2.42. The molecule has 0 heterocycles. The van der Waals surface area contributed by atoms with Crippen LogP contribution in [0.1, 0.15) is 24.2 Å². The van der Waals surface area contributed by atoms with E-state index < -0.39 is 0 Å². The molecule has 1 rings (SSSR count). The molecule has 5 heteroatoms. The first-order valence-corrected chi connectivity index (χ1v) is 7.43. The van der Waals surface area contributed by atoms with Crippen LogP contribution in [0.4, 0.5) is 0 Å². The Kier molecular flexibility index (Phi) is 6.87. The van der Waals surface area contributed by atoms with E-state index in [-0.39, 0.29) is 17.9 Å². The topological polar surface area (TPSA) is 58.2 Å². The summed E-state index contributed by atoms with van der Waals surface area (Å²) in [6.07, 6.45) is 1.63. The molecule has 108 valence electrons. The number of carbonyl (C=O) groups excluding carboxylic acids is 2. The van der Waals surface area contributed by atoms with Gasteiger partial charge in [-0.05, 0) is 26.0 Å². The van der Waals surface area contributed by atoms with Gasteiger partial charge in [-0.2, -0.15) is 0 Å². The molecule has 1 aromatic rings. The molecule has 0 atom stereocenters. The Morgan fingerprint density at radius 1 is 1.35 bits per heavy atom. The van der Waals surface area contributed by atoms with Gasteiger partial charge in [-0.25, -0.2) is 0 Å². The first-order valence-electron chi connectivity index (χ1n) is 6.45. The number of rotatable bonds is 7. The van der Waals surface area contributed by atoms with Gasteiger partial charge >= 0.3 is 0 Å². The third-order valence-electron chi connectivity index (χ3n) is 2.35. The second kappa shape index (κ2) is 8.43. The molecule has 0 spiro atoms. The highest BCUT2D eigenvalue weighted by Gasteiger charge is 2.12. The molecule has 0 bridgehead atoms. The highest BCUT2D eigenvalue weighted by molar-refractivity contribution is 8.00. The highest BCUT2D eigenvalue weighted by atomic mass is 32.2. The van der Waals surface area contributed by atoms with E-state index >= 15 is 0 Å². The van der Waals surface area contributed by atoms with Crippen molar-refractivity contribution in [1.29, 1.82) is 0 Å². The van der Waals surface area contributed by atoms with Crippen LogP contribution < -0.4 is 10.6 Å². The number of hydrogen-bond acceptors (Lipinski definition) is 3. The van der Waals surface area contributed by atoms with Crippen LogP contribution >= 0.6 is 11.8 Å². The largest absolute Gasteiger partial charge is 0.353 e. The molecule has 0 aliphatic heterocycles. The average molecular weight is 292 g/mol. The van der Waals surface area contributed by atoms with Gasteiger partial charge in [-0.1, -0.05) is 18.2 Å². The third kappa shape index (κ3) is 5.48. The second-order valence-corrected chi connectivity index (χ2v) is 5.52. The lowest BCUT2D eigenvalue weighted by molar-refractivity contribution is -0.119. The third-order valence-corrected chi connectivity index (χ3v) is 3.42. The fraction of sp³-hybridized carbons (Fsp3) is 0.333. The summed E-state index contributed by atoms with van der Waals surface area (Å²) in [5, 5.41) is 5.56. The summed E-state index contributed by atoms with van der Waals surface area (Å²) < 4.78 is 0. The molecule has 4 nitrogen and oxygen atoms in total. The fourth-order valence-corrected chi connectivity index (χ4v) is 2.41. The van der Waals surface area contributed by atoms with Crippen LogP contribution in [-0.4, -0.2) is 30.2 Å². The van der Waals surface area contributed by atoms with E-state index in [1.54, 1.807) is 18.2 Å². The zero-order valence-corrected chi connectivity index (χ0v) is 12.6. The first kappa shape index (κ1) is 16.3.